The quantitative estimate of drug-likeness (QED) is 0.249. The molecule has 11 heteroatoms. The van der Waals surface area contributed by atoms with Crippen molar-refractivity contribution in [1.82, 2.24) is 24.5 Å². The average Bonchev–Trinajstić information content (AvgIpc) is 3.32. The van der Waals surface area contributed by atoms with Crippen LogP contribution in [0.3, 0.4) is 0 Å². The molecule has 0 amide bonds. The molecule has 0 unspecified atom stereocenters. The van der Waals surface area contributed by atoms with E-state index in [0.717, 1.165) is 11.1 Å². The average molecular weight is 529 g/mol. The molecule has 3 aromatic heterocycles. The Morgan fingerprint density at radius 1 is 1.18 bits per heavy atom. The van der Waals surface area contributed by atoms with E-state index in [0.29, 0.717) is 27.7 Å². The van der Waals surface area contributed by atoms with Crippen molar-refractivity contribution in [1.29, 1.82) is 0 Å². The first-order valence-electron chi connectivity index (χ1n) is 10.3. The lowest BCUT2D eigenvalue weighted by molar-refractivity contribution is -0.391. The number of aryl methyl sites for hydroxylation is 2. The Morgan fingerprint density at radius 3 is 2.62 bits per heavy atom. The van der Waals surface area contributed by atoms with Crippen LogP contribution in [0, 0.1) is 15.9 Å². The van der Waals surface area contributed by atoms with Crippen LogP contribution in [-0.2, 0) is 26.1 Å². The van der Waals surface area contributed by atoms with Crippen LogP contribution in [0.5, 0.6) is 5.75 Å². The lowest BCUT2D eigenvalue weighted by atomic mass is 9.89. The highest BCUT2D eigenvalue weighted by Gasteiger charge is 2.32. The van der Waals surface area contributed by atoms with Gasteiger partial charge in [0.15, 0.2) is 6.20 Å². The summed E-state index contributed by atoms with van der Waals surface area (Å²) >= 11 is 3.27. The first-order chi connectivity index (χ1) is 16.0. The molecular weight excluding hydrogens is 507 g/mol. The molecule has 0 spiro atoms. The number of pyridine rings is 1. The predicted molar refractivity (Wildman–Crippen MR) is 127 cm³/mol. The normalized spacial score (nSPS) is 11.6. The Bertz CT molecular complexity index is 1380. The maximum Gasteiger partial charge on any atom is 0.406 e. The van der Waals surface area contributed by atoms with Gasteiger partial charge in [0.25, 0.3) is 0 Å². The van der Waals surface area contributed by atoms with Crippen molar-refractivity contribution in [3.8, 4) is 17.0 Å². The van der Waals surface area contributed by atoms with Gasteiger partial charge in [0, 0.05) is 55.7 Å². The Labute approximate surface area is 203 Å². The summed E-state index contributed by atoms with van der Waals surface area (Å²) in [6, 6.07) is 5.86. The van der Waals surface area contributed by atoms with Crippen LogP contribution in [0.2, 0.25) is 0 Å². The zero-order valence-electron chi connectivity index (χ0n) is 19.0. The largest absolute Gasteiger partial charge is 0.475 e. The highest BCUT2D eigenvalue weighted by atomic mass is 79.9. The molecule has 3 heterocycles. The fourth-order valence-electron chi connectivity index (χ4n) is 3.85. The van der Waals surface area contributed by atoms with E-state index in [2.05, 4.69) is 31.1 Å². The van der Waals surface area contributed by atoms with Crippen LogP contribution in [0.1, 0.15) is 30.5 Å². The zero-order chi connectivity index (χ0) is 24.6. The van der Waals surface area contributed by atoms with Crippen molar-refractivity contribution in [3.05, 3.63) is 86.1 Å². The van der Waals surface area contributed by atoms with Gasteiger partial charge in [-0.2, -0.15) is 10.2 Å². The fraction of sp³-hybridized carbons (Fsp3) is 0.261. The summed E-state index contributed by atoms with van der Waals surface area (Å²) in [4.78, 5) is 14.7. The number of benzene rings is 1. The minimum atomic E-state index is -1.16. The molecule has 0 radical (unpaired) electrons. The summed E-state index contributed by atoms with van der Waals surface area (Å²) in [5.74, 6) is -0.914. The monoisotopic (exact) mass is 528 g/mol. The van der Waals surface area contributed by atoms with Crippen LogP contribution in [0.4, 0.5) is 10.2 Å². The van der Waals surface area contributed by atoms with Gasteiger partial charge in [-0.05, 0) is 63.4 Å². The molecule has 0 bridgehead atoms. The van der Waals surface area contributed by atoms with Gasteiger partial charge in [-0.3, -0.25) is 9.36 Å². The van der Waals surface area contributed by atoms with E-state index < -0.39 is 22.2 Å². The van der Waals surface area contributed by atoms with Crippen LogP contribution < -0.4 is 4.74 Å². The van der Waals surface area contributed by atoms with E-state index in [1.165, 1.54) is 24.4 Å². The van der Waals surface area contributed by atoms with Crippen molar-refractivity contribution >= 4 is 21.7 Å². The number of nitro groups is 1. The number of rotatable bonds is 7. The topological polar surface area (TPSA) is 101 Å². The van der Waals surface area contributed by atoms with Crippen LogP contribution in [0.25, 0.3) is 11.3 Å². The summed E-state index contributed by atoms with van der Waals surface area (Å²) in [6.45, 7) is 3.44. The minimum Gasteiger partial charge on any atom is -0.475 e. The van der Waals surface area contributed by atoms with Crippen LogP contribution in [-0.4, -0.2) is 29.5 Å². The third-order valence-electron chi connectivity index (χ3n) is 5.28. The maximum atomic E-state index is 14.4. The van der Waals surface area contributed by atoms with Crippen LogP contribution in [0.15, 0.2) is 53.5 Å². The number of nitrogens with zero attached hydrogens (tertiary/aromatic N) is 6. The molecule has 0 aliphatic carbocycles. The van der Waals surface area contributed by atoms with Crippen LogP contribution >= 0.6 is 15.9 Å². The smallest absolute Gasteiger partial charge is 0.406 e. The van der Waals surface area contributed by atoms with Gasteiger partial charge in [0.2, 0.25) is 5.75 Å². The molecule has 0 atom stereocenters. The van der Waals surface area contributed by atoms with Crippen molar-refractivity contribution in [3.63, 3.8) is 0 Å². The molecular formula is C23H22BrFN6O3. The lowest BCUT2D eigenvalue weighted by Gasteiger charge is -2.28. The fourth-order valence-corrected chi connectivity index (χ4v) is 4.16. The second kappa shape index (κ2) is 8.98. The van der Waals surface area contributed by atoms with E-state index in [1.807, 2.05) is 26.5 Å². The van der Waals surface area contributed by atoms with Gasteiger partial charge in [-0.1, -0.05) is 0 Å². The predicted octanol–water partition coefficient (Wildman–Crippen LogP) is 4.93. The Balaban J connectivity index is 1.80. The molecule has 0 aliphatic rings. The highest BCUT2D eigenvalue weighted by molar-refractivity contribution is 9.10. The van der Waals surface area contributed by atoms with Crippen molar-refractivity contribution in [2.45, 2.75) is 25.9 Å². The van der Waals surface area contributed by atoms with E-state index in [9.17, 15) is 14.5 Å². The van der Waals surface area contributed by atoms with E-state index in [4.69, 9.17) is 4.74 Å². The van der Waals surface area contributed by atoms with Gasteiger partial charge in [0.1, 0.15) is 11.4 Å². The number of halogens is 2. The zero-order valence-corrected chi connectivity index (χ0v) is 20.6. The van der Waals surface area contributed by atoms with Gasteiger partial charge >= 0.3 is 5.82 Å². The minimum absolute atomic E-state index is 0.0313. The summed E-state index contributed by atoms with van der Waals surface area (Å²) in [6.07, 6.45) is 7.52. The lowest BCUT2D eigenvalue weighted by Crippen LogP contribution is -2.27. The van der Waals surface area contributed by atoms with E-state index >= 15 is 0 Å². The van der Waals surface area contributed by atoms with E-state index in [-0.39, 0.29) is 5.75 Å². The van der Waals surface area contributed by atoms with Gasteiger partial charge in [-0.15, -0.1) is 0 Å². The molecule has 4 rings (SSSR count). The van der Waals surface area contributed by atoms with E-state index in [1.54, 1.807) is 35.5 Å². The van der Waals surface area contributed by atoms with Gasteiger partial charge in [0.05, 0.1) is 16.4 Å². The second-order valence-electron chi connectivity index (χ2n) is 8.41. The molecule has 0 N–H and O–H groups in total. The Morgan fingerprint density at radius 2 is 1.94 bits per heavy atom. The molecule has 0 saturated heterocycles. The summed E-state index contributed by atoms with van der Waals surface area (Å²) < 4.78 is 24.5. The second-order valence-corrected chi connectivity index (χ2v) is 9.33. The van der Waals surface area contributed by atoms with Gasteiger partial charge < -0.3 is 14.9 Å². The Kier molecular flexibility index (Phi) is 6.22. The van der Waals surface area contributed by atoms with Gasteiger partial charge in [-0.25, -0.2) is 4.39 Å². The molecule has 34 heavy (non-hydrogen) atoms. The molecule has 0 fully saturated rings. The molecule has 4 aromatic rings. The number of aromatic nitrogens is 5. The molecule has 176 valence electrons. The molecule has 0 aliphatic heterocycles. The molecule has 0 saturated carbocycles. The highest BCUT2D eigenvalue weighted by Crippen LogP contribution is 2.39. The Hall–Kier alpha value is -3.60. The first kappa shape index (κ1) is 23.6. The van der Waals surface area contributed by atoms with Crippen molar-refractivity contribution in [2.24, 2.45) is 14.1 Å². The van der Waals surface area contributed by atoms with Crippen molar-refractivity contribution in [2.75, 3.05) is 0 Å². The number of hydrogen-bond acceptors (Lipinski definition) is 6. The third-order valence-corrected chi connectivity index (χ3v) is 5.71. The number of hydrogen-bond donors (Lipinski definition) is 0. The maximum absolute atomic E-state index is 14.4. The standard InChI is InChI=1S/C23H22BrFN6O3/c1-23(2,34-20-8-16(24)11-26-22(20)31(32)33)19-9-17(25)5-6-18(19)21-15(13-30(4)28-21)7-14-10-27-29(3)12-14/h5-6,8-13H,7H2,1-4H3. The summed E-state index contributed by atoms with van der Waals surface area (Å²) in [5.41, 5.74) is 2.60. The number of ether oxygens (including phenoxy) is 1. The first-order valence-corrected chi connectivity index (χ1v) is 11.1. The summed E-state index contributed by atoms with van der Waals surface area (Å²) in [5, 5.41) is 20.3. The molecule has 9 nitrogen and oxygen atoms in total. The SMILES string of the molecule is Cn1cc(Cc2cn(C)nc2-c2ccc(F)cc2C(C)(C)Oc2cc(Br)cnc2[N+](=O)[O-])cn1. The summed E-state index contributed by atoms with van der Waals surface area (Å²) in [7, 11) is 3.67. The third kappa shape index (κ3) is 4.84. The van der Waals surface area contributed by atoms with Crippen molar-refractivity contribution < 1.29 is 14.1 Å². The molecule has 1 aromatic carbocycles.